The van der Waals surface area contributed by atoms with E-state index >= 15 is 0 Å². The molecule has 0 aliphatic rings. The van der Waals surface area contributed by atoms with Crippen LogP contribution >= 0.6 is 0 Å². The van der Waals surface area contributed by atoms with E-state index in [1.807, 2.05) is 12.2 Å². The summed E-state index contributed by atoms with van der Waals surface area (Å²) < 4.78 is 5.10. The molecule has 0 aromatic heterocycles. The van der Waals surface area contributed by atoms with Crippen LogP contribution < -0.4 is 5.32 Å². The van der Waals surface area contributed by atoms with E-state index in [0.717, 1.165) is 5.57 Å². The van der Waals surface area contributed by atoms with E-state index in [-0.39, 0.29) is 6.42 Å². The van der Waals surface area contributed by atoms with Gasteiger partial charge < -0.3 is 15.2 Å². The lowest BCUT2D eigenvalue weighted by molar-refractivity contribution is -0.136. The van der Waals surface area contributed by atoms with Crippen LogP contribution in [0.15, 0.2) is 36.5 Å². The topological polar surface area (TPSA) is 75.6 Å². The Morgan fingerprint density at radius 3 is 2.48 bits per heavy atom. The maximum absolute atomic E-state index is 11.4. The third-order valence-electron chi connectivity index (χ3n) is 2.27. The SMILES string of the molecule is C=C/C=C(\C=C/CCNC(=O)OC(C)(C)C)CCC(=O)O. The molecular formula is C16H25NO4. The summed E-state index contributed by atoms with van der Waals surface area (Å²) in [6, 6.07) is 0. The van der Waals surface area contributed by atoms with E-state index in [1.54, 1.807) is 32.9 Å². The summed E-state index contributed by atoms with van der Waals surface area (Å²) in [6.07, 6.45) is 7.87. The summed E-state index contributed by atoms with van der Waals surface area (Å²) in [6.45, 7) is 9.48. The lowest BCUT2D eigenvalue weighted by atomic mass is 10.1. The quantitative estimate of drug-likeness (QED) is 0.531. The monoisotopic (exact) mass is 295 g/mol. The van der Waals surface area contributed by atoms with E-state index in [9.17, 15) is 9.59 Å². The van der Waals surface area contributed by atoms with Crippen LogP contribution in [-0.2, 0) is 9.53 Å². The molecule has 0 heterocycles. The highest BCUT2D eigenvalue weighted by Gasteiger charge is 2.15. The predicted octanol–water partition coefficient (Wildman–Crippen LogP) is 3.43. The Morgan fingerprint density at radius 2 is 1.95 bits per heavy atom. The zero-order chi connectivity index (χ0) is 16.3. The van der Waals surface area contributed by atoms with Crippen molar-refractivity contribution >= 4 is 12.1 Å². The Kier molecular flexibility index (Phi) is 8.85. The number of alkyl carbamates (subject to hydrolysis) is 1. The number of hydrogen-bond donors (Lipinski definition) is 2. The van der Waals surface area contributed by atoms with E-state index < -0.39 is 17.7 Å². The number of amides is 1. The molecule has 1 amide bonds. The van der Waals surface area contributed by atoms with Crippen LogP contribution in [0.5, 0.6) is 0 Å². The highest BCUT2D eigenvalue weighted by Crippen LogP contribution is 2.08. The number of ether oxygens (including phenoxy) is 1. The zero-order valence-corrected chi connectivity index (χ0v) is 13.0. The van der Waals surface area contributed by atoms with Gasteiger partial charge in [0, 0.05) is 13.0 Å². The smallest absolute Gasteiger partial charge is 0.407 e. The maximum Gasteiger partial charge on any atom is 0.407 e. The van der Waals surface area contributed by atoms with Gasteiger partial charge in [-0.2, -0.15) is 0 Å². The summed E-state index contributed by atoms with van der Waals surface area (Å²) in [7, 11) is 0. The van der Waals surface area contributed by atoms with Gasteiger partial charge in [-0.05, 0) is 39.2 Å². The van der Waals surface area contributed by atoms with Crippen molar-refractivity contribution in [2.75, 3.05) is 6.54 Å². The van der Waals surface area contributed by atoms with Crippen molar-refractivity contribution in [2.24, 2.45) is 0 Å². The predicted molar refractivity (Wildman–Crippen MR) is 83.1 cm³/mol. The largest absolute Gasteiger partial charge is 0.481 e. The molecule has 0 aromatic rings. The number of carbonyl (C=O) groups is 2. The lowest BCUT2D eigenvalue weighted by Gasteiger charge is -2.19. The lowest BCUT2D eigenvalue weighted by Crippen LogP contribution is -2.32. The summed E-state index contributed by atoms with van der Waals surface area (Å²) in [5.41, 5.74) is 0.390. The first-order chi connectivity index (χ1) is 9.74. The second-order valence-corrected chi connectivity index (χ2v) is 5.49. The summed E-state index contributed by atoms with van der Waals surface area (Å²) >= 11 is 0. The third-order valence-corrected chi connectivity index (χ3v) is 2.27. The molecule has 0 fully saturated rings. The van der Waals surface area contributed by atoms with Gasteiger partial charge >= 0.3 is 12.1 Å². The average molecular weight is 295 g/mol. The van der Waals surface area contributed by atoms with E-state index in [4.69, 9.17) is 9.84 Å². The van der Waals surface area contributed by atoms with E-state index in [1.165, 1.54) is 0 Å². The van der Waals surface area contributed by atoms with Gasteiger partial charge in [-0.25, -0.2) is 4.79 Å². The van der Waals surface area contributed by atoms with Gasteiger partial charge in [0.05, 0.1) is 0 Å². The molecular weight excluding hydrogens is 270 g/mol. The van der Waals surface area contributed by atoms with Crippen LogP contribution in [-0.4, -0.2) is 29.3 Å². The number of carboxylic acid groups (broad SMARTS) is 1. The van der Waals surface area contributed by atoms with Gasteiger partial charge in [0.15, 0.2) is 0 Å². The van der Waals surface area contributed by atoms with Crippen LogP contribution in [0.1, 0.15) is 40.0 Å². The molecule has 118 valence electrons. The molecule has 0 atom stereocenters. The molecule has 5 nitrogen and oxygen atoms in total. The van der Waals surface area contributed by atoms with Gasteiger partial charge in [0.1, 0.15) is 5.60 Å². The Bertz CT molecular complexity index is 416. The van der Waals surface area contributed by atoms with Gasteiger partial charge in [-0.15, -0.1) is 0 Å². The number of allylic oxidation sites excluding steroid dienone is 4. The van der Waals surface area contributed by atoms with Gasteiger partial charge in [-0.1, -0.05) is 30.9 Å². The fraction of sp³-hybridized carbons (Fsp3) is 0.500. The second kappa shape index (κ2) is 9.80. The fourth-order valence-electron chi connectivity index (χ4n) is 1.43. The van der Waals surface area contributed by atoms with Crippen molar-refractivity contribution in [1.29, 1.82) is 0 Å². The molecule has 0 saturated carbocycles. The first-order valence-electron chi connectivity index (χ1n) is 6.91. The van der Waals surface area contributed by atoms with E-state index in [0.29, 0.717) is 19.4 Å². The zero-order valence-electron chi connectivity index (χ0n) is 13.0. The average Bonchev–Trinajstić information content (AvgIpc) is 2.33. The summed E-state index contributed by atoms with van der Waals surface area (Å²) in [5.74, 6) is -0.829. The molecule has 0 rings (SSSR count). The number of carboxylic acids is 1. The van der Waals surface area contributed by atoms with Gasteiger partial charge in [0.25, 0.3) is 0 Å². The third kappa shape index (κ3) is 12.7. The first-order valence-corrected chi connectivity index (χ1v) is 6.91. The highest BCUT2D eigenvalue weighted by molar-refractivity contribution is 5.67. The molecule has 0 saturated heterocycles. The number of rotatable bonds is 8. The van der Waals surface area contributed by atoms with E-state index in [2.05, 4.69) is 11.9 Å². The summed E-state index contributed by atoms with van der Waals surface area (Å²) in [5, 5.41) is 11.3. The molecule has 5 heteroatoms. The minimum absolute atomic E-state index is 0.0835. The molecule has 2 N–H and O–H groups in total. The number of aliphatic carboxylic acids is 1. The van der Waals surface area contributed by atoms with Crippen molar-refractivity contribution < 1.29 is 19.4 Å². The van der Waals surface area contributed by atoms with Crippen LogP contribution in [0.2, 0.25) is 0 Å². The van der Waals surface area contributed by atoms with Crippen LogP contribution in [0.3, 0.4) is 0 Å². The first kappa shape index (κ1) is 19.0. The number of nitrogens with one attached hydrogen (secondary N) is 1. The Labute approximate surface area is 126 Å². The Morgan fingerprint density at radius 1 is 1.29 bits per heavy atom. The highest BCUT2D eigenvalue weighted by atomic mass is 16.6. The molecule has 0 unspecified atom stereocenters. The Hall–Kier alpha value is -2.04. The molecule has 0 spiro atoms. The van der Waals surface area contributed by atoms with Crippen LogP contribution in [0.25, 0.3) is 0 Å². The van der Waals surface area contributed by atoms with Crippen molar-refractivity contribution in [3.63, 3.8) is 0 Å². The molecule has 0 radical (unpaired) electrons. The standard InChI is InChI=1S/C16H25NO4/c1-5-8-13(10-11-14(18)19)9-6-7-12-17-15(20)21-16(2,3)4/h5-6,8-9H,1,7,10-12H2,2-4H3,(H,17,20)(H,18,19)/b9-6-,13-8+. The van der Waals surface area contributed by atoms with Crippen molar-refractivity contribution in [3.05, 3.63) is 36.5 Å². The summed E-state index contributed by atoms with van der Waals surface area (Å²) in [4.78, 5) is 21.9. The molecule has 0 aliphatic heterocycles. The van der Waals surface area contributed by atoms with Gasteiger partial charge in [0.2, 0.25) is 0 Å². The van der Waals surface area contributed by atoms with Crippen LogP contribution in [0, 0.1) is 0 Å². The molecule has 0 aromatic carbocycles. The molecule has 0 bridgehead atoms. The fourth-order valence-corrected chi connectivity index (χ4v) is 1.43. The minimum Gasteiger partial charge on any atom is -0.481 e. The normalized spacial score (nSPS) is 12.2. The van der Waals surface area contributed by atoms with Gasteiger partial charge in [-0.3, -0.25) is 4.79 Å². The van der Waals surface area contributed by atoms with Crippen molar-refractivity contribution in [1.82, 2.24) is 5.32 Å². The number of hydrogen-bond acceptors (Lipinski definition) is 3. The second-order valence-electron chi connectivity index (χ2n) is 5.49. The molecule has 0 aliphatic carbocycles. The van der Waals surface area contributed by atoms with Crippen molar-refractivity contribution in [3.8, 4) is 0 Å². The van der Waals surface area contributed by atoms with Crippen LogP contribution in [0.4, 0.5) is 4.79 Å². The van der Waals surface area contributed by atoms with Crippen molar-refractivity contribution in [2.45, 2.75) is 45.6 Å². The Balaban J connectivity index is 4.07. The minimum atomic E-state index is -0.829. The molecule has 21 heavy (non-hydrogen) atoms. The number of carbonyl (C=O) groups excluding carboxylic acids is 1. The maximum atomic E-state index is 11.4.